The van der Waals surface area contributed by atoms with Gasteiger partial charge in [0.05, 0.1) is 5.01 Å². The van der Waals surface area contributed by atoms with Crippen LogP contribution in [0.5, 0.6) is 0 Å². The van der Waals surface area contributed by atoms with Gasteiger partial charge in [-0.25, -0.2) is 9.78 Å². The van der Waals surface area contributed by atoms with Gasteiger partial charge in [-0.1, -0.05) is 6.92 Å². The molecule has 7 heteroatoms. The highest BCUT2D eigenvalue weighted by atomic mass is 32.1. The summed E-state index contributed by atoms with van der Waals surface area (Å²) in [5.41, 5.74) is 1.81. The van der Waals surface area contributed by atoms with Crippen LogP contribution in [0.4, 0.5) is 10.5 Å². The van der Waals surface area contributed by atoms with Crippen LogP contribution in [0.25, 0.3) is 0 Å². The summed E-state index contributed by atoms with van der Waals surface area (Å²) in [4.78, 5) is 28.4. The van der Waals surface area contributed by atoms with E-state index in [-0.39, 0.29) is 17.5 Å². The molecule has 0 fully saturated rings. The number of thiazole rings is 1. The largest absolute Gasteiger partial charge is 0.337 e. The molecular formula is C15H20N4O2S. The summed E-state index contributed by atoms with van der Waals surface area (Å²) in [6, 6.07) is 1.41. The van der Waals surface area contributed by atoms with Gasteiger partial charge in [0.15, 0.2) is 0 Å². The first kappa shape index (κ1) is 16.2. The molecule has 0 aliphatic carbocycles. The van der Waals surface area contributed by atoms with Crippen LogP contribution in [0.1, 0.15) is 29.1 Å². The second kappa shape index (κ2) is 6.74. The predicted molar refractivity (Wildman–Crippen MR) is 88.7 cm³/mol. The Morgan fingerprint density at radius 2 is 2.18 bits per heavy atom. The molecule has 2 rings (SSSR count). The van der Waals surface area contributed by atoms with Crippen molar-refractivity contribution in [3.05, 3.63) is 44.3 Å². The lowest BCUT2D eigenvalue weighted by Gasteiger charge is -2.12. The topological polar surface area (TPSA) is 76.0 Å². The minimum absolute atomic E-state index is 0.129. The lowest BCUT2D eigenvalue weighted by atomic mass is 10.2. The minimum Gasteiger partial charge on any atom is -0.337 e. The van der Waals surface area contributed by atoms with E-state index in [1.54, 1.807) is 37.6 Å². The minimum atomic E-state index is -0.383. The fourth-order valence-electron chi connectivity index (χ4n) is 1.96. The van der Waals surface area contributed by atoms with Crippen LogP contribution in [-0.2, 0) is 7.05 Å². The number of aromatic nitrogens is 2. The summed E-state index contributed by atoms with van der Waals surface area (Å²) < 4.78 is 1.43. The van der Waals surface area contributed by atoms with Gasteiger partial charge in [-0.3, -0.25) is 4.79 Å². The van der Waals surface area contributed by atoms with Gasteiger partial charge in [0.2, 0.25) is 0 Å². The van der Waals surface area contributed by atoms with Crippen molar-refractivity contribution in [2.24, 2.45) is 7.05 Å². The van der Waals surface area contributed by atoms with E-state index in [4.69, 9.17) is 0 Å². The van der Waals surface area contributed by atoms with E-state index in [9.17, 15) is 9.59 Å². The molecule has 0 aromatic carbocycles. The van der Waals surface area contributed by atoms with Crippen LogP contribution >= 0.6 is 11.3 Å². The van der Waals surface area contributed by atoms with Gasteiger partial charge in [0.25, 0.3) is 5.56 Å². The Balaban J connectivity index is 1.97. The number of hydrogen-bond acceptors (Lipinski definition) is 4. The molecule has 0 radical (unpaired) electrons. The van der Waals surface area contributed by atoms with Gasteiger partial charge in [-0.05, 0) is 25.5 Å². The van der Waals surface area contributed by atoms with E-state index < -0.39 is 0 Å². The first-order valence-corrected chi connectivity index (χ1v) is 7.89. The molecule has 0 aliphatic rings. The summed E-state index contributed by atoms with van der Waals surface area (Å²) in [6.45, 7) is 6.20. The quantitative estimate of drug-likeness (QED) is 0.908. The fourth-order valence-corrected chi connectivity index (χ4v) is 2.82. The molecule has 0 spiro atoms. The average Bonchev–Trinajstić information content (AvgIpc) is 2.92. The van der Waals surface area contributed by atoms with Gasteiger partial charge in [0.1, 0.15) is 5.69 Å². The third kappa shape index (κ3) is 3.73. The first-order chi connectivity index (χ1) is 10.4. The molecule has 118 valence electrons. The summed E-state index contributed by atoms with van der Waals surface area (Å²) in [5.74, 6) is 0.129. The van der Waals surface area contributed by atoms with Crippen molar-refractivity contribution in [3.8, 4) is 0 Å². The summed E-state index contributed by atoms with van der Waals surface area (Å²) >= 11 is 1.58. The smallest absolute Gasteiger partial charge is 0.319 e. The molecule has 1 atom stereocenters. The number of amides is 2. The number of hydrogen-bond donors (Lipinski definition) is 2. The van der Waals surface area contributed by atoms with Gasteiger partial charge in [-0.2, -0.15) is 0 Å². The van der Waals surface area contributed by atoms with Gasteiger partial charge in [-0.15, -0.1) is 11.3 Å². The highest BCUT2D eigenvalue weighted by Gasteiger charge is 2.13. The van der Waals surface area contributed by atoms with E-state index in [1.165, 1.54) is 4.57 Å². The monoisotopic (exact) mass is 320 g/mol. The maximum absolute atomic E-state index is 12.0. The first-order valence-electron chi connectivity index (χ1n) is 7.01. The molecule has 0 saturated heterocycles. The van der Waals surface area contributed by atoms with Gasteiger partial charge in [0, 0.05) is 36.8 Å². The van der Waals surface area contributed by atoms with E-state index in [0.29, 0.717) is 12.2 Å². The van der Waals surface area contributed by atoms with Gasteiger partial charge < -0.3 is 15.2 Å². The number of carbonyl (C=O) groups is 1. The highest BCUT2D eigenvalue weighted by molar-refractivity contribution is 7.09. The number of rotatable bonds is 4. The van der Waals surface area contributed by atoms with E-state index >= 15 is 0 Å². The lowest BCUT2D eigenvalue weighted by molar-refractivity contribution is 0.251. The van der Waals surface area contributed by atoms with Crippen molar-refractivity contribution in [2.45, 2.75) is 26.7 Å². The Labute approximate surface area is 133 Å². The molecule has 2 heterocycles. The fraction of sp³-hybridized carbons (Fsp3) is 0.400. The molecule has 2 amide bonds. The standard InChI is InChI=1S/C15H20N4O2S/c1-9-5-6-19(4)14(20)12(9)18-15(21)16-7-10(2)13-17-11(3)8-22-13/h5-6,8,10H,7H2,1-4H3,(H2,16,18,21). The van der Waals surface area contributed by atoms with Crippen LogP contribution in [0, 0.1) is 13.8 Å². The number of nitrogens with one attached hydrogen (secondary N) is 2. The van der Waals surface area contributed by atoms with Crippen molar-refractivity contribution >= 4 is 23.1 Å². The Bertz CT molecular complexity index is 735. The third-order valence-corrected chi connectivity index (χ3v) is 4.54. The second-order valence-electron chi connectivity index (χ2n) is 5.35. The molecule has 22 heavy (non-hydrogen) atoms. The maximum Gasteiger partial charge on any atom is 0.319 e. The predicted octanol–water partition coefficient (Wildman–Crippen LogP) is 2.38. The Morgan fingerprint density at radius 1 is 1.45 bits per heavy atom. The number of aryl methyl sites for hydroxylation is 3. The summed E-state index contributed by atoms with van der Waals surface area (Å²) in [5, 5.41) is 8.39. The van der Waals surface area contributed by atoms with Crippen LogP contribution in [0.15, 0.2) is 22.4 Å². The van der Waals surface area contributed by atoms with Crippen LogP contribution < -0.4 is 16.2 Å². The van der Waals surface area contributed by atoms with Crippen molar-refractivity contribution in [2.75, 3.05) is 11.9 Å². The highest BCUT2D eigenvalue weighted by Crippen LogP contribution is 2.18. The second-order valence-corrected chi connectivity index (χ2v) is 6.24. The molecule has 0 bridgehead atoms. The molecule has 2 aromatic heterocycles. The molecule has 0 aliphatic heterocycles. The Hall–Kier alpha value is -2.15. The molecule has 6 nitrogen and oxygen atoms in total. The number of carbonyl (C=O) groups excluding carboxylic acids is 1. The third-order valence-electron chi connectivity index (χ3n) is 3.34. The normalized spacial score (nSPS) is 12.0. The van der Waals surface area contributed by atoms with Crippen molar-refractivity contribution in [1.29, 1.82) is 0 Å². The van der Waals surface area contributed by atoms with Crippen LogP contribution in [0.2, 0.25) is 0 Å². The van der Waals surface area contributed by atoms with Crippen molar-refractivity contribution in [3.63, 3.8) is 0 Å². The number of anilines is 1. The Kier molecular flexibility index (Phi) is 4.97. The SMILES string of the molecule is Cc1csc(C(C)CNC(=O)Nc2c(C)ccn(C)c2=O)n1. The van der Waals surface area contributed by atoms with Crippen molar-refractivity contribution < 1.29 is 4.79 Å². The zero-order chi connectivity index (χ0) is 16.3. The van der Waals surface area contributed by atoms with Crippen LogP contribution in [0.3, 0.4) is 0 Å². The molecule has 2 aromatic rings. The molecular weight excluding hydrogens is 300 g/mol. The lowest BCUT2D eigenvalue weighted by Crippen LogP contribution is -2.34. The molecule has 2 N–H and O–H groups in total. The van der Waals surface area contributed by atoms with Crippen molar-refractivity contribution in [1.82, 2.24) is 14.9 Å². The zero-order valence-electron chi connectivity index (χ0n) is 13.1. The average molecular weight is 320 g/mol. The van der Waals surface area contributed by atoms with E-state index in [2.05, 4.69) is 15.6 Å². The van der Waals surface area contributed by atoms with E-state index in [1.807, 2.05) is 19.2 Å². The number of pyridine rings is 1. The Morgan fingerprint density at radius 3 is 2.82 bits per heavy atom. The van der Waals surface area contributed by atoms with Gasteiger partial charge >= 0.3 is 6.03 Å². The number of nitrogens with zero attached hydrogens (tertiary/aromatic N) is 2. The summed E-state index contributed by atoms with van der Waals surface area (Å²) in [7, 11) is 1.65. The number of urea groups is 1. The zero-order valence-corrected chi connectivity index (χ0v) is 14.0. The molecule has 1 unspecified atom stereocenters. The maximum atomic E-state index is 12.0. The summed E-state index contributed by atoms with van der Waals surface area (Å²) in [6.07, 6.45) is 1.67. The molecule has 0 saturated carbocycles. The van der Waals surface area contributed by atoms with Crippen LogP contribution in [-0.4, -0.2) is 22.1 Å². The van der Waals surface area contributed by atoms with E-state index in [0.717, 1.165) is 16.3 Å².